The van der Waals surface area contributed by atoms with Gasteiger partial charge in [0.15, 0.2) is 0 Å². The molecule has 0 heterocycles. The van der Waals surface area contributed by atoms with Crippen molar-refractivity contribution in [3.63, 3.8) is 0 Å². The van der Waals surface area contributed by atoms with Gasteiger partial charge < -0.3 is 5.73 Å². The van der Waals surface area contributed by atoms with Gasteiger partial charge in [0.05, 0.1) is 0 Å². The van der Waals surface area contributed by atoms with Crippen molar-refractivity contribution in [2.75, 3.05) is 0 Å². The maximum atomic E-state index is 13.0. The Morgan fingerprint density at radius 3 is 2.63 bits per heavy atom. The predicted molar refractivity (Wildman–Crippen MR) is 80.9 cm³/mol. The van der Waals surface area contributed by atoms with Crippen molar-refractivity contribution in [1.82, 2.24) is 0 Å². The number of halogens is 3. The van der Waals surface area contributed by atoms with Gasteiger partial charge >= 0.3 is 0 Å². The van der Waals surface area contributed by atoms with Crippen LogP contribution in [0.2, 0.25) is 5.02 Å². The number of nitrogens with two attached hydrogens (primary N) is 1. The molecule has 0 spiro atoms. The van der Waals surface area contributed by atoms with Gasteiger partial charge in [-0.2, -0.15) is 0 Å². The van der Waals surface area contributed by atoms with Crippen molar-refractivity contribution in [3.8, 4) is 0 Å². The summed E-state index contributed by atoms with van der Waals surface area (Å²) in [5, 5.41) is 0.705. The van der Waals surface area contributed by atoms with Gasteiger partial charge in [-0.1, -0.05) is 39.7 Å². The Balaban J connectivity index is 2.23. The van der Waals surface area contributed by atoms with E-state index in [4.69, 9.17) is 17.3 Å². The van der Waals surface area contributed by atoms with Gasteiger partial charge in [-0.15, -0.1) is 0 Å². The van der Waals surface area contributed by atoms with E-state index in [1.165, 1.54) is 12.1 Å². The standard InChI is InChI=1S/C15H14BrClFN/c1-9-6-11(17)3-5-13(9)15(19)7-10-2-4-12(18)8-14(10)16/h2-6,8,15H,7,19H2,1H3. The second kappa shape index (κ2) is 6.04. The molecule has 2 rings (SSSR count). The fraction of sp³-hybridized carbons (Fsp3) is 0.200. The highest BCUT2D eigenvalue weighted by Crippen LogP contribution is 2.26. The molecular formula is C15H14BrClFN. The van der Waals surface area contributed by atoms with Crippen LogP contribution in [0.5, 0.6) is 0 Å². The van der Waals surface area contributed by atoms with Gasteiger partial charge in [0.2, 0.25) is 0 Å². The monoisotopic (exact) mass is 341 g/mol. The molecule has 19 heavy (non-hydrogen) atoms. The van der Waals surface area contributed by atoms with E-state index in [1.807, 2.05) is 25.1 Å². The average molecular weight is 343 g/mol. The Bertz CT molecular complexity index is 601. The molecule has 0 saturated heterocycles. The first-order valence-corrected chi connectivity index (χ1v) is 7.10. The summed E-state index contributed by atoms with van der Waals surface area (Å²) >= 11 is 9.30. The lowest BCUT2D eigenvalue weighted by Gasteiger charge is -2.16. The van der Waals surface area contributed by atoms with Crippen molar-refractivity contribution >= 4 is 27.5 Å². The molecule has 0 radical (unpaired) electrons. The zero-order valence-electron chi connectivity index (χ0n) is 10.5. The van der Waals surface area contributed by atoms with E-state index in [1.54, 1.807) is 6.07 Å². The molecule has 0 fully saturated rings. The summed E-state index contributed by atoms with van der Waals surface area (Å²) in [6.07, 6.45) is 0.642. The molecule has 0 aromatic heterocycles. The summed E-state index contributed by atoms with van der Waals surface area (Å²) in [6.45, 7) is 1.99. The minimum absolute atomic E-state index is 0.140. The highest BCUT2D eigenvalue weighted by atomic mass is 79.9. The molecule has 2 N–H and O–H groups in total. The van der Waals surface area contributed by atoms with Crippen LogP contribution in [-0.4, -0.2) is 0 Å². The molecule has 0 bridgehead atoms. The summed E-state index contributed by atoms with van der Waals surface area (Å²) in [7, 11) is 0. The number of hydrogen-bond acceptors (Lipinski definition) is 1. The third-order valence-electron chi connectivity index (χ3n) is 3.09. The van der Waals surface area contributed by atoms with E-state index in [-0.39, 0.29) is 11.9 Å². The maximum absolute atomic E-state index is 13.0. The lowest BCUT2D eigenvalue weighted by Crippen LogP contribution is -2.15. The van der Waals surface area contributed by atoms with Crippen molar-refractivity contribution in [3.05, 3.63) is 68.4 Å². The van der Waals surface area contributed by atoms with Crippen molar-refractivity contribution in [1.29, 1.82) is 0 Å². The van der Waals surface area contributed by atoms with Gasteiger partial charge in [-0.05, 0) is 54.3 Å². The first-order valence-electron chi connectivity index (χ1n) is 5.93. The molecule has 1 atom stereocenters. The van der Waals surface area contributed by atoms with E-state index in [2.05, 4.69) is 15.9 Å². The fourth-order valence-corrected chi connectivity index (χ4v) is 2.83. The molecule has 2 aromatic rings. The third-order valence-corrected chi connectivity index (χ3v) is 4.06. The molecule has 1 nitrogen and oxygen atoms in total. The van der Waals surface area contributed by atoms with Crippen LogP contribution in [0.4, 0.5) is 4.39 Å². The maximum Gasteiger partial charge on any atom is 0.124 e. The first-order chi connectivity index (χ1) is 8.97. The normalized spacial score (nSPS) is 12.5. The van der Waals surface area contributed by atoms with Crippen LogP contribution in [0.25, 0.3) is 0 Å². The van der Waals surface area contributed by atoms with Crippen LogP contribution in [0.15, 0.2) is 40.9 Å². The van der Waals surface area contributed by atoms with Crippen LogP contribution < -0.4 is 5.73 Å². The van der Waals surface area contributed by atoms with E-state index in [0.717, 1.165) is 21.2 Å². The molecule has 0 amide bonds. The predicted octanol–water partition coefficient (Wildman–Crippen LogP) is 4.79. The van der Waals surface area contributed by atoms with E-state index >= 15 is 0 Å². The van der Waals surface area contributed by atoms with Crippen molar-refractivity contribution < 1.29 is 4.39 Å². The Kier molecular flexibility index (Phi) is 4.61. The SMILES string of the molecule is Cc1cc(Cl)ccc1C(N)Cc1ccc(F)cc1Br. The number of benzene rings is 2. The number of hydrogen-bond donors (Lipinski definition) is 1. The molecule has 1 unspecified atom stereocenters. The largest absolute Gasteiger partial charge is 0.324 e. The van der Waals surface area contributed by atoms with Crippen molar-refractivity contribution in [2.45, 2.75) is 19.4 Å². The Labute approximate surface area is 125 Å². The molecule has 0 aliphatic carbocycles. The van der Waals surface area contributed by atoms with E-state index < -0.39 is 0 Å². The summed E-state index contributed by atoms with van der Waals surface area (Å²) in [5.74, 6) is -0.258. The summed E-state index contributed by atoms with van der Waals surface area (Å²) in [5.41, 5.74) is 9.34. The number of rotatable bonds is 3. The van der Waals surface area contributed by atoms with Gasteiger partial charge in [0, 0.05) is 15.5 Å². The second-order valence-electron chi connectivity index (χ2n) is 4.55. The lowest BCUT2D eigenvalue weighted by atomic mass is 9.96. The molecule has 0 saturated carbocycles. The molecule has 4 heteroatoms. The lowest BCUT2D eigenvalue weighted by molar-refractivity contribution is 0.624. The summed E-state index contributed by atoms with van der Waals surface area (Å²) in [4.78, 5) is 0. The minimum Gasteiger partial charge on any atom is -0.324 e. The quantitative estimate of drug-likeness (QED) is 0.852. The Morgan fingerprint density at radius 1 is 1.26 bits per heavy atom. The topological polar surface area (TPSA) is 26.0 Å². The second-order valence-corrected chi connectivity index (χ2v) is 5.84. The van der Waals surface area contributed by atoms with Gasteiger partial charge in [-0.3, -0.25) is 0 Å². The molecule has 0 aliphatic heterocycles. The third kappa shape index (κ3) is 3.56. The molecule has 100 valence electrons. The van der Waals surface area contributed by atoms with Crippen LogP contribution in [-0.2, 0) is 6.42 Å². The van der Waals surface area contributed by atoms with Gasteiger partial charge in [0.1, 0.15) is 5.82 Å². The zero-order valence-corrected chi connectivity index (χ0v) is 12.8. The summed E-state index contributed by atoms with van der Waals surface area (Å²) in [6, 6.07) is 10.2. The molecular weight excluding hydrogens is 329 g/mol. The van der Waals surface area contributed by atoms with Crippen LogP contribution in [0.3, 0.4) is 0 Å². The highest BCUT2D eigenvalue weighted by molar-refractivity contribution is 9.10. The zero-order chi connectivity index (χ0) is 14.0. The minimum atomic E-state index is -0.258. The highest BCUT2D eigenvalue weighted by Gasteiger charge is 2.12. The smallest absolute Gasteiger partial charge is 0.124 e. The fourth-order valence-electron chi connectivity index (χ4n) is 2.09. The van der Waals surface area contributed by atoms with Gasteiger partial charge in [-0.25, -0.2) is 4.39 Å². The van der Waals surface area contributed by atoms with Crippen LogP contribution >= 0.6 is 27.5 Å². The number of aryl methyl sites for hydroxylation is 1. The van der Waals surface area contributed by atoms with E-state index in [0.29, 0.717) is 11.4 Å². The molecule has 0 aliphatic rings. The Hall–Kier alpha value is -0.900. The van der Waals surface area contributed by atoms with Crippen LogP contribution in [0.1, 0.15) is 22.7 Å². The molecule has 2 aromatic carbocycles. The Morgan fingerprint density at radius 2 is 2.00 bits per heavy atom. The van der Waals surface area contributed by atoms with Crippen LogP contribution in [0, 0.1) is 12.7 Å². The average Bonchev–Trinajstić information content (AvgIpc) is 2.32. The summed E-state index contributed by atoms with van der Waals surface area (Å²) < 4.78 is 13.8. The van der Waals surface area contributed by atoms with Gasteiger partial charge in [0.25, 0.3) is 0 Å². The van der Waals surface area contributed by atoms with Crippen molar-refractivity contribution in [2.24, 2.45) is 5.73 Å². The van der Waals surface area contributed by atoms with E-state index in [9.17, 15) is 4.39 Å². The first kappa shape index (κ1) is 14.5.